The zero-order valence-electron chi connectivity index (χ0n) is 15.0. The van der Waals surface area contributed by atoms with Gasteiger partial charge in [-0.15, -0.1) is 0 Å². The maximum Gasteiger partial charge on any atom is 0.208 e. The first-order valence-corrected chi connectivity index (χ1v) is 8.76. The lowest BCUT2D eigenvalue weighted by Crippen LogP contribution is -2.41. The molecule has 136 valence electrons. The van der Waals surface area contributed by atoms with Crippen LogP contribution >= 0.6 is 0 Å². The van der Waals surface area contributed by atoms with Crippen LogP contribution in [0.5, 0.6) is 0 Å². The average Bonchev–Trinajstić information content (AvgIpc) is 2.98. The number of ether oxygens (including phenoxy) is 2. The van der Waals surface area contributed by atoms with E-state index in [4.69, 9.17) is 14.0 Å². The number of hydrogen-bond acceptors (Lipinski definition) is 7. The molecular formula is C19H22N4O3. The first-order valence-electron chi connectivity index (χ1n) is 8.76. The van der Waals surface area contributed by atoms with Gasteiger partial charge in [-0.1, -0.05) is 5.16 Å². The fourth-order valence-electron chi connectivity index (χ4n) is 2.97. The zero-order valence-corrected chi connectivity index (χ0v) is 15.0. The minimum Gasteiger partial charge on any atom is -0.473 e. The highest BCUT2D eigenvalue weighted by molar-refractivity contribution is 5.63. The summed E-state index contributed by atoms with van der Waals surface area (Å²) in [5.74, 6) is 2.08. The summed E-state index contributed by atoms with van der Waals surface area (Å²) in [6.07, 6.45) is 5.46. The summed E-state index contributed by atoms with van der Waals surface area (Å²) in [7, 11) is 0. The molecule has 1 fully saturated rings. The third-order valence-electron chi connectivity index (χ3n) is 4.62. The summed E-state index contributed by atoms with van der Waals surface area (Å²) in [5.41, 5.74) is 3.59. The Bertz CT molecular complexity index is 822. The third-order valence-corrected chi connectivity index (χ3v) is 4.62. The molecule has 0 atom stereocenters. The van der Waals surface area contributed by atoms with Crippen molar-refractivity contribution in [3.8, 4) is 11.3 Å². The molecule has 4 heterocycles. The van der Waals surface area contributed by atoms with E-state index >= 15 is 0 Å². The van der Waals surface area contributed by atoms with Crippen molar-refractivity contribution in [1.29, 1.82) is 0 Å². The standard InChI is InChI=1S/C19H22N4O3/c1-13-3-4-16(7-21-13)19-17(14(2)26-22-19)12-25-18-8-20-5-6-23(18)9-15-10-24-11-15/h3-5,7-8,15H,6,9-12H2,1-2H3. The van der Waals surface area contributed by atoms with Crippen LogP contribution in [0.25, 0.3) is 11.3 Å². The van der Waals surface area contributed by atoms with Crippen molar-refractivity contribution >= 4 is 6.21 Å². The Kier molecular flexibility index (Phi) is 4.71. The second-order valence-corrected chi connectivity index (χ2v) is 6.65. The molecule has 7 nitrogen and oxygen atoms in total. The van der Waals surface area contributed by atoms with Gasteiger partial charge in [0, 0.05) is 36.1 Å². The molecule has 0 bridgehead atoms. The molecule has 0 unspecified atom stereocenters. The van der Waals surface area contributed by atoms with Crippen LogP contribution in [0, 0.1) is 19.8 Å². The molecule has 0 saturated carbocycles. The fourth-order valence-corrected chi connectivity index (χ4v) is 2.97. The highest BCUT2D eigenvalue weighted by Crippen LogP contribution is 2.27. The third kappa shape index (κ3) is 3.48. The van der Waals surface area contributed by atoms with Gasteiger partial charge in [-0.2, -0.15) is 0 Å². The van der Waals surface area contributed by atoms with Crippen molar-refractivity contribution in [2.45, 2.75) is 20.5 Å². The quantitative estimate of drug-likeness (QED) is 0.794. The van der Waals surface area contributed by atoms with Crippen LogP contribution in [0.4, 0.5) is 0 Å². The van der Waals surface area contributed by atoms with E-state index in [1.807, 2.05) is 38.4 Å². The number of hydrogen-bond donors (Lipinski definition) is 0. The summed E-state index contributed by atoms with van der Waals surface area (Å²) in [6, 6.07) is 3.96. The predicted molar refractivity (Wildman–Crippen MR) is 96.5 cm³/mol. The first-order chi connectivity index (χ1) is 12.7. The van der Waals surface area contributed by atoms with Crippen LogP contribution in [0.2, 0.25) is 0 Å². The van der Waals surface area contributed by atoms with Crippen LogP contribution in [0.1, 0.15) is 17.0 Å². The molecule has 2 aromatic rings. The van der Waals surface area contributed by atoms with Gasteiger partial charge in [0.15, 0.2) is 0 Å². The normalized spacial score (nSPS) is 17.2. The molecule has 0 radical (unpaired) electrons. The average molecular weight is 354 g/mol. The molecule has 2 aliphatic heterocycles. The highest BCUT2D eigenvalue weighted by atomic mass is 16.5. The SMILES string of the molecule is Cc1ccc(-c2noc(C)c2COC2=CN=CCN2CC2COC2)cn1. The van der Waals surface area contributed by atoms with Crippen molar-refractivity contribution in [3.63, 3.8) is 0 Å². The van der Waals surface area contributed by atoms with E-state index in [1.54, 1.807) is 6.20 Å². The summed E-state index contributed by atoms with van der Waals surface area (Å²) in [5, 5.41) is 4.19. The van der Waals surface area contributed by atoms with E-state index in [0.29, 0.717) is 12.5 Å². The Morgan fingerprint density at radius 1 is 1.27 bits per heavy atom. The van der Waals surface area contributed by atoms with Crippen molar-refractivity contribution in [2.24, 2.45) is 10.9 Å². The fraction of sp³-hybridized carbons (Fsp3) is 0.421. The van der Waals surface area contributed by atoms with Gasteiger partial charge in [-0.05, 0) is 26.0 Å². The maximum absolute atomic E-state index is 6.09. The van der Waals surface area contributed by atoms with Crippen LogP contribution in [0.3, 0.4) is 0 Å². The van der Waals surface area contributed by atoms with Gasteiger partial charge in [0.2, 0.25) is 5.88 Å². The second kappa shape index (κ2) is 7.29. The van der Waals surface area contributed by atoms with Crippen LogP contribution < -0.4 is 0 Å². The van der Waals surface area contributed by atoms with Crippen molar-refractivity contribution in [1.82, 2.24) is 15.0 Å². The molecule has 0 aromatic carbocycles. The maximum atomic E-state index is 6.09. The van der Waals surface area contributed by atoms with Gasteiger partial charge in [0.25, 0.3) is 0 Å². The minimum absolute atomic E-state index is 0.373. The lowest BCUT2D eigenvalue weighted by molar-refractivity contribution is -0.0487. The molecule has 2 aromatic heterocycles. The van der Waals surface area contributed by atoms with Gasteiger partial charge < -0.3 is 18.9 Å². The Hall–Kier alpha value is -2.67. The van der Waals surface area contributed by atoms with Crippen LogP contribution in [-0.4, -0.2) is 47.6 Å². The minimum atomic E-state index is 0.373. The van der Waals surface area contributed by atoms with Crippen LogP contribution in [-0.2, 0) is 16.1 Å². The van der Waals surface area contributed by atoms with Gasteiger partial charge >= 0.3 is 0 Å². The summed E-state index contributed by atoms with van der Waals surface area (Å²) >= 11 is 0. The molecule has 0 amide bonds. The van der Waals surface area contributed by atoms with E-state index in [0.717, 1.165) is 60.5 Å². The van der Waals surface area contributed by atoms with Crippen LogP contribution in [0.15, 0.2) is 39.9 Å². The Morgan fingerprint density at radius 2 is 2.15 bits per heavy atom. The van der Waals surface area contributed by atoms with E-state index in [-0.39, 0.29) is 0 Å². The van der Waals surface area contributed by atoms with Crippen molar-refractivity contribution in [3.05, 3.63) is 47.4 Å². The number of aliphatic imine (C=N–C) groups is 1. The lowest BCUT2D eigenvalue weighted by atomic mass is 10.1. The summed E-state index contributed by atoms with van der Waals surface area (Å²) < 4.78 is 16.8. The molecule has 1 saturated heterocycles. The van der Waals surface area contributed by atoms with Gasteiger partial charge in [-0.3, -0.25) is 9.98 Å². The van der Waals surface area contributed by atoms with E-state index in [1.165, 1.54) is 0 Å². The number of aromatic nitrogens is 2. The largest absolute Gasteiger partial charge is 0.473 e. The van der Waals surface area contributed by atoms with Gasteiger partial charge in [-0.25, -0.2) is 0 Å². The van der Waals surface area contributed by atoms with Crippen molar-refractivity contribution in [2.75, 3.05) is 26.3 Å². The van der Waals surface area contributed by atoms with E-state index in [9.17, 15) is 0 Å². The number of rotatable bonds is 6. The monoisotopic (exact) mass is 354 g/mol. The summed E-state index contributed by atoms with van der Waals surface area (Å²) in [4.78, 5) is 10.8. The Morgan fingerprint density at radius 3 is 2.88 bits per heavy atom. The van der Waals surface area contributed by atoms with Gasteiger partial charge in [0.05, 0.1) is 31.5 Å². The molecular weight excluding hydrogens is 332 g/mol. The van der Waals surface area contributed by atoms with E-state index < -0.39 is 0 Å². The molecule has 7 heteroatoms. The molecule has 26 heavy (non-hydrogen) atoms. The molecule has 0 spiro atoms. The lowest BCUT2D eigenvalue weighted by Gasteiger charge is -2.34. The number of pyridine rings is 1. The topological polar surface area (TPSA) is 73.0 Å². The first kappa shape index (κ1) is 16.8. The smallest absolute Gasteiger partial charge is 0.208 e. The summed E-state index contributed by atoms with van der Waals surface area (Å²) in [6.45, 7) is 7.52. The molecule has 0 aliphatic carbocycles. The highest BCUT2D eigenvalue weighted by Gasteiger charge is 2.25. The predicted octanol–water partition coefficient (Wildman–Crippen LogP) is 2.70. The number of nitrogens with zero attached hydrogens (tertiary/aromatic N) is 4. The Balaban J connectivity index is 1.48. The number of aryl methyl sites for hydroxylation is 2. The molecule has 2 aliphatic rings. The second-order valence-electron chi connectivity index (χ2n) is 6.65. The molecule has 4 rings (SSSR count). The Labute approximate surface area is 152 Å². The van der Waals surface area contributed by atoms with Gasteiger partial charge in [0.1, 0.15) is 18.1 Å². The zero-order chi connectivity index (χ0) is 17.9. The van der Waals surface area contributed by atoms with E-state index in [2.05, 4.69) is 20.0 Å². The molecule has 0 N–H and O–H groups in total. The van der Waals surface area contributed by atoms with Crippen molar-refractivity contribution < 1.29 is 14.0 Å².